The van der Waals surface area contributed by atoms with Crippen molar-refractivity contribution in [2.24, 2.45) is 0 Å². The number of rotatable bonds is 4. The van der Waals surface area contributed by atoms with Crippen LogP contribution in [-0.4, -0.2) is 78.4 Å². The van der Waals surface area contributed by atoms with Crippen LogP contribution in [0.4, 0.5) is 21.0 Å². The van der Waals surface area contributed by atoms with Gasteiger partial charge in [0.2, 0.25) is 0 Å². The van der Waals surface area contributed by atoms with Crippen molar-refractivity contribution in [3.8, 4) is 0 Å². The van der Waals surface area contributed by atoms with E-state index in [0.29, 0.717) is 44.8 Å². The number of nitrogens with zero attached hydrogens (tertiary/aromatic N) is 3. The molecule has 0 aromatic heterocycles. The van der Waals surface area contributed by atoms with Gasteiger partial charge >= 0.3 is 12.2 Å². The van der Waals surface area contributed by atoms with Gasteiger partial charge in [0.15, 0.2) is 0 Å². The molecule has 3 amide bonds. The molecule has 42 heavy (non-hydrogen) atoms. The second kappa shape index (κ2) is 12.5. The molecule has 226 valence electrons. The van der Waals surface area contributed by atoms with Crippen LogP contribution in [0.2, 0.25) is 0 Å². The highest BCUT2D eigenvalue weighted by atomic mass is 16.6. The molecule has 0 atom stereocenters. The maximum absolute atomic E-state index is 13.0. The van der Waals surface area contributed by atoms with E-state index < -0.39 is 11.2 Å². The number of benzene rings is 2. The molecule has 2 aromatic carbocycles. The Morgan fingerprint density at radius 1 is 0.762 bits per heavy atom. The number of carbonyl (C=O) groups is 3. The van der Waals surface area contributed by atoms with E-state index >= 15 is 0 Å². The monoisotopic (exact) mass is 576 g/mol. The maximum Gasteiger partial charge on any atom is 0.410 e. The highest BCUT2D eigenvalue weighted by Gasteiger charge is 2.27. The Morgan fingerprint density at radius 3 is 1.88 bits per heavy atom. The van der Waals surface area contributed by atoms with Gasteiger partial charge in [-0.1, -0.05) is 18.2 Å². The van der Waals surface area contributed by atoms with E-state index in [1.165, 1.54) is 0 Å². The first-order chi connectivity index (χ1) is 19.7. The average Bonchev–Trinajstić information content (AvgIpc) is 2.91. The molecule has 2 aromatic rings. The number of hydrogen-bond donors (Lipinski definition) is 1. The zero-order valence-corrected chi connectivity index (χ0v) is 26.0. The summed E-state index contributed by atoms with van der Waals surface area (Å²) < 4.78 is 11.0. The van der Waals surface area contributed by atoms with Crippen molar-refractivity contribution < 1.29 is 23.9 Å². The molecule has 1 saturated heterocycles. The number of amides is 3. The van der Waals surface area contributed by atoms with Gasteiger partial charge < -0.3 is 29.5 Å². The third-order valence-electron chi connectivity index (χ3n) is 7.11. The van der Waals surface area contributed by atoms with E-state index in [1.807, 2.05) is 97.0 Å². The summed E-state index contributed by atoms with van der Waals surface area (Å²) >= 11 is 0. The Labute approximate surface area is 249 Å². The van der Waals surface area contributed by atoms with Crippen molar-refractivity contribution in [2.75, 3.05) is 49.5 Å². The van der Waals surface area contributed by atoms with Gasteiger partial charge in [0.05, 0.1) is 0 Å². The van der Waals surface area contributed by atoms with Crippen molar-refractivity contribution in [1.82, 2.24) is 9.80 Å². The van der Waals surface area contributed by atoms with Crippen LogP contribution in [0.1, 0.15) is 69.4 Å². The van der Waals surface area contributed by atoms with Crippen molar-refractivity contribution in [3.63, 3.8) is 0 Å². The molecular weight excluding hydrogens is 532 g/mol. The molecule has 9 nitrogen and oxygen atoms in total. The number of hydrogen-bond acceptors (Lipinski definition) is 6. The van der Waals surface area contributed by atoms with Gasteiger partial charge in [-0.2, -0.15) is 0 Å². The fraction of sp³-hybridized carbons (Fsp3) is 0.485. The first kappa shape index (κ1) is 30.9. The van der Waals surface area contributed by atoms with E-state index in [0.717, 1.165) is 34.5 Å². The van der Waals surface area contributed by atoms with Gasteiger partial charge in [-0.25, -0.2) is 9.59 Å². The molecule has 2 aliphatic rings. The average molecular weight is 577 g/mol. The minimum absolute atomic E-state index is 0.173. The minimum atomic E-state index is -0.515. The fourth-order valence-corrected chi connectivity index (χ4v) is 5.01. The summed E-state index contributed by atoms with van der Waals surface area (Å²) in [7, 11) is 0. The number of ether oxygens (including phenoxy) is 2. The van der Waals surface area contributed by atoms with Crippen LogP contribution in [0.25, 0.3) is 5.57 Å². The number of anilines is 2. The molecule has 1 N–H and O–H groups in total. The SMILES string of the molecule is Cc1cc(NC(=O)c2ccc(C3=CCN(C(=O)OC(C)(C)C)CC3)cc2)ccc1N1CCN(C(=O)OC(C)(C)C)CC1. The lowest BCUT2D eigenvalue weighted by atomic mass is 9.98. The summed E-state index contributed by atoms with van der Waals surface area (Å²) in [5.74, 6) is -0.173. The summed E-state index contributed by atoms with van der Waals surface area (Å²) in [5.41, 5.74) is 4.62. The lowest BCUT2D eigenvalue weighted by Crippen LogP contribution is -2.50. The van der Waals surface area contributed by atoms with E-state index in [2.05, 4.69) is 10.2 Å². The first-order valence-corrected chi connectivity index (χ1v) is 14.6. The van der Waals surface area contributed by atoms with E-state index in [9.17, 15) is 14.4 Å². The zero-order chi connectivity index (χ0) is 30.7. The predicted molar refractivity (Wildman–Crippen MR) is 166 cm³/mol. The van der Waals surface area contributed by atoms with Gasteiger partial charge in [-0.3, -0.25) is 4.79 Å². The molecule has 9 heteroatoms. The van der Waals surface area contributed by atoms with Crippen molar-refractivity contribution >= 4 is 35.0 Å². The molecule has 0 radical (unpaired) electrons. The third-order valence-corrected chi connectivity index (χ3v) is 7.11. The summed E-state index contributed by atoms with van der Waals surface area (Å²) in [6.45, 7) is 17.0. The molecule has 1 fully saturated rings. The van der Waals surface area contributed by atoms with E-state index in [4.69, 9.17) is 9.47 Å². The Balaban J connectivity index is 1.31. The van der Waals surface area contributed by atoms with Gasteiger partial charge in [0, 0.05) is 56.2 Å². The molecule has 0 aliphatic carbocycles. The topological polar surface area (TPSA) is 91.4 Å². The molecular formula is C33H44N4O5. The fourth-order valence-electron chi connectivity index (χ4n) is 5.01. The number of carbonyl (C=O) groups excluding carboxylic acids is 3. The van der Waals surface area contributed by atoms with Crippen molar-refractivity contribution in [2.45, 2.75) is 66.1 Å². The second-order valence-electron chi connectivity index (χ2n) is 12.9. The smallest absolute Gasteiger partial charge is 0.410 e. The van der Waals surface area contributed by atoms with E-state index in [-0.39, 0.29) is 18.1 Å². The first-order valence-electron chi connectivity index (χ1n) is 14.6. The van der Waals surface area contributed by atoms with Crippen LogP contribution in [0.15, 0.2) is 48.5 Å². The van der Waals surface area contributed by atoms with Crippen LogP contribution >= 0.6 is 0 Å². The highest BCUT2D eigenvalue weighted by Crippen LogP contribution is 2.27. The summed E-state index contributed by atoms with van der Waals surface area (Å²) in [5, 5.41) is 3.01. The highest BCUT2D eigenvalue weighted by molar-refractivity contribution is 6.04. The molecule has 0 saturated carbocycles. The number of aryl methyl sites for hydroxylation is 1. The zero-order valence-electron chi connectivity index (χ0n) is 26.0. The lowest BCUT2D eigenvalue weighted by Gasteiger charge is -2.37. The normalized spacial score (nSPS) is 16.1. The maximum atomic E-state index is 13.0. The Kier molecular flexibility index (Phi) is 9.18. The number of nitrogens with one attached hydrogen (secondary N) is 1. The van der Waals surface area contributed by atoms with Crippen molar-refractivity contribution in [3.05, 3.63) is 65.2 Å². The molecule has 2 aliphatic heterocycles. The minimum Gasteiger partial charge on any atom is -0.444 e. The molecule has 0 spiro atoms. The van der Waals surface area contributed by atoms with Gasteiger partial charge in [0.25, 0.3) is 5.91 Å². The lowest BCUT2D eigenvalue weighted by molar-refractivity contribution is 0.0237. The van der Waals surface area contributed by atoms with Crippen LogP contribution < -0.4 is 10.2 Å². The molecule has 0 bridgehead atoms. The second-order valence-corrected chi connectivity index (χ2v) is 12.9. The standard InChI is InChI=1S/C33H44N4O5/c1-23-22-27(12-13-28(23)35-18-20-37(21-19-35)31(40)42-33(5,6)7)34-29(38)26-10-8-24(9-11-26)25-14-16-36(17-15-25)30(39)41-32(2,3)4/h8-14,22H,15-21H2,1-7H3,(H,34,38). The van der Waals surface area contributed by atoms with Gasteiger partial charge in [-0.05, 0) is 102 Å². The molecule has 2 heterocycles. The summed E-state index contributed by atoms with van der Waals surface area (Å²) in [6.07, 6.45) is 2.20. The van der Waals surface area contributed by atoms with Crippen LogP contribution in [0, 0.1) is 6.92 Å². The quantitative estimate of drug-likeness (QED) is 0.458. The largest absolute Gasteiger partial charge is 0.444 e. The number of piperazine rings is 1. The molecule has 0 unspecified atom stereocenters. The van der Waals surface area contributed by atoms with Crippen LogP contribution in [0.3, 0.4) is 0 Å². The van der Waals surface area contributed by atoms with Crippen molar-refractivity contribution in [1.29, 1.82) is 0 Å². The Bertz CT molecular complexity index is 1330. The van der Waals surface area contributed by atoms with Crippen LogP contribution in [0.5, 0.6) is 0 Å². The predicted octanol–water partition coefficient (Wildman–Crippen LogP) is 6.33. The van der Waals surface area contributed by atoms with Gasteiger partial charge in [0.1, 0.15) is 11.2 Å². The van der Waals surface area contributed by atoms with Crippen LogP contribution in [-0.2, 0) is 9.47 Å². The summed E-state index contributed by atoms with van der Waals surface area (Å²) in [4.78, 5) is 43.4. The Hall–Kier alpha value is -4.01. The van der Waals surface area contributed by atoms with Gasteiger partial charge in [-0.15, -0.1) is 0 Å². The van der Waals surface area contributed by atoms with E-state index in [1.54, 1.807) is 9.80 Å². The third kappa shape index (κ3) is 8.27. The Morgan fingerprint density at radius 2 is 1.36 bits per heavy atom. The summed E-state index contributed by atoms with van der Waals surface area (Å²) in [6, 6.07) is 13.5. The molecule has 4 rings (SSSR count).